The van der Waals surface area contributed by atoms with E-state index in [1.165, 1.54) is 11.6 Å². The first-order chi connectivity index (χ1) is 14.1. The molecule has 0 atom stereocenters. The van der Waals surface area contributed by atoms with E-state index in [-0.39, 0.29) is 11.8 Å². The van der Waals surface area contributed by atoms with Gasteiger partial charge in [0.25, 0.3) is 0 Å². The van der Waals surface area contributed by atoms with Crippen molar-refractivity contribution in [3.8, 4) is 5.75 Å². The molecule has 0 radical (unpaired) electrons. The van der Waals surface area contributed by atoms with E-state index in [0.29, 0.717) is 16.9 Å². The standard InChI is InChI=1S/C21H21FN6O/c1-29-17-5-2-4-16-19(17)25-21(23)28-20(16)24-18(26-28)6-3-9-27-11-13-7-8-15(22)10-14(13)12-27/h2,4-5,7-8,10H,3,6,9,11-12H2,1H3,(H2,23,25). The van der Waals surface area contributed by atoms with E-state index >= 15 is 0 Å². The van der Waals surface area contributed by atoms with Crippen molar-refractivity contribution in [3.63, 3.8) is 0 Å². The van der Waals surface area contributed by atoms with Gasteiger partial charge in [0.2, 0.25) is 5.95 Å². The van der Waals surface area contributed by atoms with Crippen LogP contribution in [0.4, 0.5) is 10.3 Å². The highest BCUT2D eigenvalue weighted by atomic mass is 19.1. The predicted octanol–water partition coefficient (Wildman–Crippen LogP) is 2.96. The highest BCUT2D eigenvalue weighted by molar-refractivity contribution is 5.95. The Morgan fingerprint density at radius 2 is 2.00 bits per heavy atom. The van der Waals surface area contributed by atoms with Gasteiger partial charge in [0.05, 0.1) is 7.11 Å². The third kappa shape index (κ3) is 3.15. The fourth-order valence-electron chi connectivity index (χ4n) is 3.99. The van der Waals surface area contributed by atoms with Gasteiger partial charge in [-0.25, -0.2) is 14.4 Å². The van der Waals surface area contributed by atoms with E-state index < -0.39 is 0 Å². The van der Waals surface area contributed by atoms with Gasteiger partial charge in [-0.3, -0.25) is 4.90 Å². The number of halogens is 1. The van der Waals surface area contributed by atoms with Gasteiger partial charge in [0.1, 0.15) is 17.1 Å². The van der Waals surface area contributed by atoms with E-state index in [2.05, 4.69) is 15.0 Å². The molecule has 2 N–H and O–H groups in total. The van der Waals surface area contributed by atoms with Gasteiger partial charge in [-0.15, -0.1) is 5.10 Å². The van der Waals surface area contributed by atoms with Crippen molar-refractivity contribution in [2.75, 3.05) is 19.4 Å². The Balaban J connectivity index is 1.33. The van der Waals surface area contributed by atoms with Gasteiger partial charge in [-0.1, -0.05) is 12.1 Å². The third-order valence-electron chi connectivity index (χ3n) is 5.39. The second-order valence-electron chi connectivity index (χ2n) is 7.32. The van der Waals surface area contributed by atoms with E-state index in [0.717, 1.165) is 49.2 Å². The van der Waals surface area contributed by atoms with Crippen molar-refractivity contribution in [2.45, 2.75) is 25.9 Å². The molecular weight excluding hydrogens is 371 g/mol. The van der Waals surface area contributed by atoms with Crippen molar-refractivity contribution in [1.82, 2.24) is 24.5 Å². The lowest BCUT2D eigenvalue weighted by molar-refractivity contribution is 0.280. The monoisotopic (exact) mass is 392 g/mol. The molecule has 0 amide bonds. The normalized spacial score (nSPS) is 14.0. The van der Waals surface area contributed by atoms with Crippen LogP contribution >= 0.6 is 0 Å². The van der Waals surface area contributed by atoms with Gasteiger partial charge < -0.3 is 10.5 Å². The lowest BCUT2D eigenvalue weighted by Crippen LogP contribution is -2.18. The predicted molar refractivity (Wildman–Crippen MR) is 108 cm³/mol. The molecule has 2 aromatic carbocycles. The molecule has 1 aliphatic heterocycles. The highest BCUT2D eigenvalue weighted by Crippen LogP contribution is 2.28. The maximum absolute atomic E-state index is 13.4. The quantitative estimate of drug-likeness (QED) is 0.562. The summed E-state index contributed by atoms with van der Waals surface area (Å²) in [6, 6.07) is 10.7. The van der Waals surface area contributed by atoms with Crippen LogP contribution in [-0.4, -0.2) is 38.1 Å². The Morgan fingerprint density at radius 1 is 1.14 bits per heavy atom. The molecule has 0 bridgehead atoms. The maximum Gasteiger partial charge on any atom is 0.223 e. The van der Waals surface area contributed by atoms with E-state index in [1.54, 1.807) is 17.7 Å². The van der Waals surface area contributed by atoms with Gasteiger partial charge in [-0.2, -0.15) is 4.52 Å². The second kappa shape index (κ2) is 6.97. The Hall–Kier alpha value is -3.26. The molecule has 1 aliphatic rings. The third-order valence-corrected chi connectivity index (χ3v) is 5.39. The number of anilines is 1. The summed E-state index contributed by atoms with van der Waals surface area (Å²) in [6.07, 6.45) is 1.63. The van der Waals surface area contributed by atoms with Gasteiger partial charge in [0, 0.05) is 24.9 Å². The molecule has 5 rings (SSSR count). The number of hydrogen-bond acceptors (Lipinski definition) is 6. The molecule has 0 fully saturated rings. The molecule has 3 heterocycles. The number of aromatic nitrogens is 4. The summed E-state index contributed by atoms with van der Waals surface area (Å²) in [7, 11) is 1.61. The van der Waals surface area contributed by atoms with Gasteiger partial charge in [0.15, 0.2) is 11.5 Å². The largest absolute Gasteiger partial charge is 0.494 e. The second-order valence-corrected chi connectivity index (χ2v) is 7.32. The number of nitrogens with zero attached hydrogens (tertiary/aromatic N) is 5. The summed E-state index contributed by atoms with van der Waals surface area (Å²) in [6.45, 7) is 2.54. The van der Waals surface area contributed by atoms with Crippen molar-refractivity contribution in [2.24, 2.45) is 0 Å². The fraction of sp³-hybridized carbons (Fsp3) is 0.286. The average molecular weight is 392 g/mol. The molecular formula is C21H21FN6O. The molecule has 0 saturated carbocycles. The van der Waals surface area contributed by atoms with Crippen LogP contribution in [0.15, 0.2) is 36.4 Å². The summed E-state index contributed by atoms with van der Waals surface area (Å²) in [5.41, 5.74) is 9.75. The summed E-state index contributed by atoms with van der Waals surface area (Å²) in [5.74, 6) is 1.50. The molecule has 0 saturated heterocycles. The number of aryl methyl sites for hydroxylation is 1. The van der Waals surface area contributed by atoms with Crippen LogP contribution in [0.5, 0.6) is 5.75 Å². The van der Waals surface area contributed by atoms with Crippen molar-refractivity contribution < 1.29 is 9.13 Å². The first kappa shape index (κ1) is 17.8. The van der Waals surface area contributed by atoms with Crippen LogP contribution in [-0.2, 0) is 19.5 Å². The van der Waals surface area contributed by atoms with Gasteiger partial charge >= 0.3 is 0 Å². The summed E-state index contributed by atoms with van der Waals surface area (Å²) in [5, 5.41) is 5.40. The topological polar surface area (TPSA) is 81.6 Å². The van der Waals surface area contributed by atoms with Crippen LogP contribution < -0.4 is 10.5 Å². The van der Waals surface area contributed by atoms with Crippen molar-refractivity contribution >= 4 is 22.5 Å². The SMILES string of the molecule is COc1cccc2c1nc(N)n1nc(CCCN3Cc4ccc(F)cc4C3)nc21. The molecule has 29 heavy (non-hydrogen) atoms. The van der Waals surface area contributed by atoms with Crippen LogP contribution in [0, 0.1) is 5.82 Å². The van der Waals surface area contributed by atoms with E-state index in [9.17, 15) is 4.39 Å². The van der Waals surface area contributed by atoms with E-state index in [1.807, 2.05) is 24.3 Å². The minimum Gasteiger partial charge on any atom is -0.494 e. The fourth-order valence-corrected chi connectivity index (χ4v) is 3.99. The molecule has 148 valence electrons. The number of fused-ring (bicyclic) bond motifs is 4. The number of methoxy groups -OCH3 is 1. The van der Waals surface area contributed by atoms with Crippen LogP contribution in [0.25, 0.3) is 16.6 Å². The van der Waals surface area contributed by atoms with E-state index in [4.69, 9.17) is 15.5 Å². The maximum atomic E-state index is 13.4. The first-order valence-corrected chi connectivity index (χ1v) is 9.60. The molecule has 7 nitrogen and oxygen atoms in total. The van der Waals surface area contributed by atoms with Crippen LogP contribution in [0.1, 0.15) is 23.4 Å². The number of ether oxygens (including phenoxy) is 1. The van der Waals surface area contributed by atoms with Crippen molar-refractivity contribution in [3.05, 3.63) is 59.2 Å². The smallest absolute Gasteiger partial charge is 0.223 e. The van der Waals surface area contributed by atoms with Crippen LogP contribution in [0.3, 0.4) is 0 Å². The molecule has 0 spiro atoms. The molecule has 0 aliphatic carbocycles. The summed E-state index contributed by atoms with van der Waals surface area (Å²) in [4.78, 5) is 11.5. The lowest BCUT2D eigenvalue weighted by atomic mass is 10.1. The minimum absolute atomic E-state index is 0.172. The Labute approximate surface area is 166 Å². The molecule has 0 unspecified atom stereocenters. The van der Waals surface area contributed by atoms with Gasteiger partial charge in [-0.05, 0) is 48.4 Å². The van der Waals surface area contributed by atoms with Crippen LogP contribution in [0.2, 0.25) is 0 Å². The Morgan fingerprint density at radius 3 is 2.86 bits per heavy atom. The lowest BCUT2D eigenvalue weighted by Gasteiger charge is -2.13. The zero-order valence-corrected chi connectivity index (χ0v) is 16.1. The Kier molecular flexibility index (Phi) is 4.28. The zero-order valence-electron chi connectivity index (χ0n) is 16.1. The highest BCUT2D eigenvalue weighted by Gasteiger charge is 2.19. The number of nitrogens with two attached hydrogens (primary N) is 1. The number of nitrogen functional groups attached to an aromatic ring is 1. The summed E-state index contributed by atoms with van der Waals surface area (Å²) >= 11 is 0. The minimum atomic E-state index is -0.172. The number of hydrogen-bond donors (Lipinski definition) is 1. The number of para-hydroxylation sites is 1. The number of rotatable bonds is 5. The Bertz CT molecular complexity index is 1220. The first-order valence-electron chi connectivity index (χ1n) is 9.60. The average Bonchev–Trinajstić information content (AvgIpc) is 3.32. The molecule has 8 heteroatoms. The van der Waals surface area contributed by atoms with Crippen molar-refractivity contribution in [1.29, 1.82) is 0 Å². The summed E-state index contributed by atoms with van der Waals surface area (Å²) < 4.78 is 20.4. The zero-order chi connectivity index (χ0) is 20.0. The molecule has 2 aromatic heterocycles. The number of benzene rings is 2. The molecule has 4 aromatic rings.